The molecule has 0 aliphatic carbocycles. The highest BCUT2D eigenvalue weighted by Gasteiger charge is 2.27. The highest BCUT2D eigenvalue weighted by Crippen LogP contribution is 2.36. The number of nitrogens with zero attached hydrogens (tertiary/aromatic N) is 1. The average molecular weight is 505 g/mol. The zero-order valence-corrected chi connectivity index (χ0v) is 19.4. The van der Waals surface area contributed by atoms with E-state index in [0.717, 1.165) is 49.9 Å². The number of nitro benzene ring substituents is 1. The van der Waals surface area contributed by atoms with Gasteiger partial charge >= 0.3 is 5.97 Å². The minimum absolute atomic E-state index is 0.0260. The molecule has 0 radical (unpaired) electrons. The number of benzene rings is 3. The van der Waals surface area contributed by atoms with Crippen molar-refractivity contribution in [2.75, 3.05) is 6.61 Å². The molecule has 0 fully saturated rings. The summed E-state index contributed by atoms with van der Waals surface area (Å²) in [5, 5.41) is 10.7. The fourth-order valence-electron chi connectivity index (χ4n) is 3.45. The molecular weight excluding hydrogens is 482 g/mol. The first-order valence-electron chi connectivity index (χ1n) is 11.3. The Hall–Kier alpha value is -3.95. The number of unbranched alkanes of at least 4 members (excludes halogenated alkanes) is 4. The van der Waals surface area contributed by atoms with Crippen LogP contribution in [0.3, 0.4) is 0 Å². The number of carbonyl (C=O) groups excluding carboxylic acids is 1. The molecule has 0 bridgehead atoms. The van der Waals surface area contributed by atoms with Crippen LogP contribution in [0.2, 0.25) is 0 Å². The monoisotopic (exact) mass is 505 g/mol. The molecule has 0 atom stereocenters. The summed E-state index contributed by atoms with van der Waals surface area (Å²) in [4.78, 5) is 22.4. The van der Waals surface area contributed by atoms with E-state index in [2.05, 4.69) is 0 Å². The van der Waals surface area contributed by atoms with E-state index in [4.69, 9.17) is 9.47 Å². The molecule has 0 unspecified atom stereocenters. The maximum atomic E-state index is 14.7. The van der Waals surface area contributed by atoms with E-state index in [1.807, 2.05) is 6.92 Å². The second-order valence-corrected chi connectivity index (χ2v) is 7.94. The van der Waals surface area contributed by atoms with Gasteiger partial charge in [-0.05, 0) is 36.2 Å². The van der Waals surface area contributed by atoms with Gasteiger partial charge in [0.2, 0.25) is 11.6 Å². The molecule has 6 nitrogen and oxygen atoms in total. The van der Waals surface area contributed by atoms with E-state index >= 15 is 0 Å². The van der Waals surface area contributed by atoms with E-state index in [1.165, 1.54) is 24.3 Å². The van der Waals surface area contributed by atoms with Crippen molar-refractivity contribution < 1.29 is 36.8 Å². The van der Waals surface area contributed by atoms with E-state index in [9.17, 15) is 32.5 Å². The van der Waals surface area contributed by atoms with Crippen molar-refractivity contribution in [3.63, 3.8) is 0 Å². The van der Waals surface area contributed by atoms with Crippen LogP contribution in [0.15, 0.2) is 48.5 Å². The molecule has 36 heavy (non-hydrogen) atoms. The van der Waals surface area contributed by atoms with Gasteiger partial charge in [0.25, 0.3) is 5.69 Å². The highest BCUT2D eigenvalue weighted by atomic mass is 19.2. The summed E-state index contributed by atoms with van der Waals surface area (Å²) >= 11 is 0. The van der Waals surface area contributed by atoms with Crippen LogP contribution in [0.25, 0.3) is 11.1 Å². The minimum Gasteiger partial charge on any atom is -0.487 e. The zero-order valence-electron chi connectivity index (χ0n) is 19.4. The van der Waals surface area contributed by atoms with Crippen LogP contribution in [0.1, 0.15) is 49.4 Å². The Kier molecular flexibility index (Phi) is 8.99. The molecule has 0 amide bonds. The Morgan fingerprint density at radius 3 is 1.97 bits per heavy atom. The summed E-state index contributed by atoms with van der Waals surface area (Å²) in [7, 11) is 0. The second-order valence-electron chi connectivity index (χ2n) is 7.94. The van der Waals surface area contributed by atoms with E-state index in [-0.39, 0.29) is 29.2 Å². The SMILES string of the molecule is CCCCCCCOc1c(F)c(F)c(-c2ccc(C(=O)Oc3ccc([N+](=O)[O-])cc3)cc2)c(F)c1F. The molecule has 0 spiro atoms. The van der Waals surface area contributed by atoms with Crippen LogP contribution in [0.5, 0.6) is 11.5 Å². The molecule has 3 aromatic rings. The van der Waals surface area contributed by atoms with Crippen molar-refractivity contribution in [3.8, 4) is 22.6 Å². The molecule has 3 rings (SSSR count). The summed E-state index contributed by atoms with van der Waals surface area (Å²) in [6, 6.07) is 9.32. The molecule has 10 heteroatoms. The number of hydrogen-bond donors (Lipinski definition) is 0. The van der Waals surface area contributed by atoms with Gasteiger partial charge < -0.3 is 9.47 Å². The van der Waals surface area contributed by atoms with Gasteiger partial charge in [0, 0.05) is 12.1 Å². The third kappa shape index (κ3) is 6.18. The van der Waals surface area contributed by atoms with Gasteiger partial charge in [-0.25, -0.2) is 13.6 Å². The summed E-state index contributed by atoms with van der Waals surface area (Å²) in [6.45, 7) is 1.96. The normalized spacial score (nSPS) is 10.8. The molecule has 0 saturated heterocycles. The predicted molar refractivity (Wildman–Crippen MR) is 124 cm³/mol. The summed E-state index contributed by atoms with van der Waals surface area (Å²) in [6.07, 6.45) is 4.20. The standard InChI is InChI=1S/C26H23F4NO5/c1-2-3-4-5-6-15-35-25-23(29)21(27)20(22(28)24(25)30)16-7-9-17(10-8-16)26(32)36-19-13-11-18(12-14-19)31(33)34/h7-14H,2-6,15H2,1H3. The highest BCUT2D eigenvalue weighted by molar-refractivity contribution is 5.91. The molecule has 0 N–H and O–H groups in total. The van der Waals surface area contributed by atoms with Crippen LogP contribution in [-0.4, -0.2) is 17.5 Å². The third-order valence-electron chi connectivity index (χ3n) is 5.38. The Morgan fingerprint density at radius 1 is 0.833 bits per heavy atom. The number of hydrogen-bond acceptors (Lipinski definition) is 5. The number of carbonyl (C=O) groups is 1. The fraction of sp³-hybridized carbons (Fsp3) is 0.269. The minimum atomic E-state index is -1.64. The second kappa shape index (κ2) is 12.1. The molecule has 0 aliphatic rings. The quantitative estimate of drug-likeness (QED) is 0.0517. The van der Waals surface area contributed by atoms with E-state index in [1.54, 1.807) is 0 Å². The van der Waals surface area contributed by atoms with Crippen LogP contribution in [-0.2, 0) is 0 Å². The molecule has 0 aliphatic heterocycles. The number of nitro groups is 1. The molecule has 3 aromatic carbocycles. The fourth-order valence-corrected chi connectivity index (χ4v) is 3.45. The van der Waals surface area contributed by atoms with Crippen molar-refractivity contribution in [2.45, 2.75) is 39.0 Å². The van der Waals surface area contributed by atoms with E-state index < -0.39 is 45.5 Å². The number of rotatable bonds is 11. The number of esters is 1. The number of non-ortho nitro benzene ring substituents is 1. The average Bonchev–Trinajstić information content (AvgIpc) is 2.87. The van der Waals surface area contributed by atoms with Gasteiger partial charge in [-0.15, -0.1) is 0 Å². The smallest absolute Gasteiger partial charge is 0.343 e. The molecule has 0 heterocycles. The van der Waals surface area contributed by atoms with Gasteiger partial charge in [-0.2, -0.15) is 8.78 Å². The van der Waals surface area contributed by atoms with Gasteiger partial charge in [0.05, 0.1) is 22.7 Å². The lowest BCUT2D eigenvalue weighted by molar-refractivity contribution is -0.384. The Labute approximate surface area is 204 Å². The lowest BCUT2D eigenvalue weighted by atomic mass is 10.0. The summed E-state index contributed by atoms with van der Waals surface area (Å²) < 4.78 is 68.5. The zero-order chi connectivity index (χ0) is 26.2. The maximum Gasteiger partial charge on any atom is 0.343 e. The summed E-state index contributed by atoms with van der Waals surface area (Å²) in [5.74, 6) is -8.42. The van der Waals surface area contributed by atoms with E-state index in [0.29, 0.717) is 6.42 Å². The Bertz CT molecular complexity index is 1200. The first-order chi connectivity index (χ1) is 17.2. The largest absolute Gasteiger partial charge is 0.487 e. The lowest BCUT2D eigenvalue weighted by Gasteiger charge is -2.13. The molecular formula is C26H23F4NO5. The van der Waals surface area contributed by atoms with Crippen molar-refractivity contribution in [1.29, 1.82) is 0 Å². The maximum absolute atomic E-state index is 14.7. The third-order valence-corrected chi connectivity index (χ3v) is 5.38. The first kappa shape index (κ1) is 26.7. The van der Waals surface area contributed by atoms with Gasteiger partial charge in [-0.3, -0.25) is 10.1 Å². The van der Waals surface area contributed by atoms with Crippen molar-refractivity contribution >= 4 is 11.7 Å². The van der Waals surface area contributed by atoms with Crippen molar-refractivity contribution in [1.82, 2.24) is 0 Å². The van der Waals surface area contributed by atoms with Gasteiger partial charge in [-0.1, -0.05) is 44.7 Å². The van der Waals surface area contributed by atoms with Crippen molar-refractivity contribution in [3.05, 3.63) is 87.5 Å². The molecule has 190 valence electrons. The van der Waals surface area contributed by atoms with Crippen molar-refractivity contribution in [2.24, 2.45) is 0 Å². The Balaban J connectivity index is 1.74. The molecule has 0 aromatic heterocycles. The van der Waals surface area contributed by atoms with Crippen LogP contribution >= 0.6 is 0 Å². The Morgan fingerprint density at radius 2 is 1.42 bits per heavy atom. The molecule has 0 saturated carbocycles. The van der Waals surface area contributed by atoms with Crippen LogP contribution < -0.4 is 9.47 Å². The van der Waals surface area contributed by atoms with Crippen LogP contribution in [0.4, 0.5) is 23.2 Å². The number of ether oxygens (including phenoxy) is 2. The van der Waals surface area contributed by atoms with Gasteiger partial charge in [0.1, 0.15) is 5.75 Å². The lowest BCUT2D eigenvalue weighted by Crippen LogP contribution is -2.09. The van der Waals surface area contributed by atoms with Crippen LogP contribution in [0, 0.1) is 33.4 Å². The summed E-state index contributed by atoms with van der Waals surface area (Å²) in [5.41, 5.74) is -1.36. The topological polar surface area (TPSA) is 78.7 Å². The van der Waals surface area contributed by atoms with Gasteiger partial charge in [0.15, 0.2) is 17.4 Å². The predicted octanol–water partition coefficient (Wildman–Crippen LogP) is 7.39. The first-order valence-corrected chi connectivity index (χ1v) is 11.3. The number of halogens is 4.